The van der Waals surface area contributed by atoms with Crippen LogP contribution in [0.15, 0.2) is 18.3 Å². The Morgan fingerprint density at radius 3 is 3.12 bits per heavy atom. The van der Waals surface area contributed by atoms with Gasteiger partial charge in [-0.1, -0.05) is 0 Å². The number of aromatic hydroxyl groups is 1. The molecular formula is C9H12N4O3. The number of amides is 2. The molecule has 1 aliphatic heterocycles. The molecule has 2 rings (SSSR count). The predicted molar refractivity (Wildman–Crippen MR) is 55.8 cm³/mol. The molecule has 1 aromatic rings. The van der Waals surface area contributed by atoms with Gasteiger partial charge in [0.25, 0.3) is 0 Å². The Morgan fingerprint density at radius 2 is 2.50 bits per heavy atom. The lowest BCUT2D eigenvalue weighted by atomic mass is 10.4. The van der Waals surface area contributed by atoms with E-state index in [0.29, 0.717) is 19.2 Å². The lowest BCUT2D eigenvalue weighted by Gasteiger charge is -2.11. The summed E-state index contributed by atoms with van der Waals surface area (Å²) in [5.41, 5.74) is 0. The Balaban J connectivity index is 1.84. The summed E-state index contributed by atoms with van der Waals surface area (Å²) in [4.78, 5) is 15.3. The number of hydrogen-bond acceptors (Lipinski definition) is 5. The summed E-state index contributed by atoms with van der Waals surface area (Å²) >= 11 is 0. The van der Waals surface area contributed by atoms with Crippen LogP contribution < -0.4 is 16.0 Å². The second kappa shape index (κ2) is 4.77. The topological polar surface area (TPSA) is 95.5 Å². The second-order valence-electron chi connectivity index (χ2n) is 3.27. The molecule has 0 bridgehead atoms. The molecule has 0 radical (unpaired) electrons. The van der Waals surface area contributed by atoms with E-state index in [0.717, 1.165) is 0 Å². The van der Waals surface area contributed by atoms with Crippen LogP contribution in [0.1, 0.15) is 0 Å². The van der Waals surface area contributed by atoms with Crippen LogP contribution in [0.5, 0.6) is 5.75 Å². The Bertz CT molecular complexity index is 362. The van der Waals surface area contributed by atoms with Crippen molar-refractivity contribution in [3.63, 3.8) is 0 Å². The molecule has 86 valence electrons. The lowest BCUT2D eigenvalue weighted by molar-refractivity contribution is 0.186. The monoisotopic (exact) mass is 224 g/mol. The number of hydrogen-bond donors (Lipinski definition) is 4. The summed E-state index contributed by atoms with van der Waals surface area (Å²) in [5.74, 6) is 0.422. The molecule has 0 aliphatic carbocycles. The van der Waals surface area contributed by atoms with Gasteiger partial charge in [0, 0.05) is 0 Å². The van der Waals surface area contributed by atoms with Crippen LogP contribution in [0.3, 0.4) is 0 Å². The summed E-state index contributed by atoms with van der Waals surface area (Å²) in [6.07, 6.45) is 1.07. The van der Waals surface area contributed by atoms with Gasteiger partial charge in [-0.05, 0) is 12.1 Å². The number of anilines is 1. The van der Waals surface area contributed by atoms with E-state index < -0.39 is 0 Å². The van der Waals surface area contributed by atoms with Crippen LogP contribution in [-0.4, -0.2) is 35.6 Å². The zero-order valence-corrected chi connectivity index (χ0v) is 8.43. The number of carbonyl (C=O) groups is 1. The third kappa shape index (κ3) is 2.81. The zero-order chi connectivity index (χ0) is 11.4. The molecule has 0 spiro atoms. The van der Waals surface area contributed by atoms with Gasteiger partial charge >= 0.3 is 6.03 Å². The maximum Gasteiger partial charge on any atom is 0.321 e. The van der Waals surface area contributed by atoms with Crippen molar-refractivity contribution < 1.29 is 14.6 Å². The van der Waals surface area contributed by atoms with Gasteiger partial charge in [0.1, 0.15) is 17.7 Å². The fourth-order valence-corrected chi connectivity index (χ4v) is 1.26. The van der Waals surface area contributed by atoms with Crippen LogP contribution in [0.2, 0.25) is 0 Å². The van der Waals surface area contributed by atoms with Crippen molar-refractivity contribution in [1.82, 2.24) is 15.6 Å². The Kier molecular flexibility index (Phi) is 3.18. The minimum absolute atomic E-state index is 0.0526. The van der Waals surface area contributed by atoms with Crippen LogP contribution in [0, 0.1) is 0 Å². The molecule has 0 saturated carbocycles. The van der Waals surface area contributed by atoms with E-state index in [2.05, 4.69) is 20.9 Å². The van der Waals surface area contributed by atoms with Gasteiger partial charge in [0.05, 0.1) is 19.5 Å². The lowest BCUT2D eigenvalue weighted by Crippen LogP contribution is -2.45. The van der Waals surface area contributed by atoms with Crippen LogP contribution in [0.25, 0.3) is 0 Å². The largest absolute Gasteiger partial charge is 0.506 e. The van der Waals surface area contributed by atoms with E-state index in [1.165, 1.54) is 18.3 Å². The average Bonchev–Trinajstić information content (AvgIpc) is 2.74. The number of urea groups is 1. The maximum atomic E-state index is 11.4. The molecule has 1 aliphatic rings. The molecule has 1 fully saturated rings. The van der Waals surface area contributed by atoms with Crippen molar-refractivity contribution in [2.75, 3.05) is 18.7 Å². The molecule has 0 aromatic carbocycles. The molecule has 7 heteroatoms. The Morgan fingerprint density at radius 1 is 1.62 bits per heavy atom. The first kappa shape index (κ1) is 10.7. The molecule has 1 aromatic heterocycles. The van der Waals surface area contributed by atoms with Gasteiger partial charge in [-0.2, -0.15) is 0 Å². The van der Waals surface area contributed by atoms with Crippen LogP contribution in [-0.2, 0) is 4.74 Å². The third-order valence-electron chi connectivity index (χ3n) is 2.01. The molecule has 1 unspecified atom stereocenters. The van der Waals surface area contributed by atoms with Crippen LogP contribution >= 0.6 is 0 Å². The van der Waals surface area contributed by atoms with Gasteiger partial charge < -0.3 is 15.2 Å². The van der Waals surface area contributed by atoms with Gasteiger partial charge in [-0.3, -0.25) is 10.6 Å². The first-order valence-corrected chi connectivity index (χ1v) is 4.78. The SMILES string of the molecule is O=C(Nc1ccc(O)cn1)NC1COCN1. The number of nitrogens with zero attached hydrogens (tertiary/aromatic N) is 1. The van der Waals surface area contributed by atoms with Gasteiger partial charge in [0.15, 0.2) is 0 Å². The molecule has 1 atom stereocenters. The Hall–Kier alpha value is -1.86. The minimum Gasteiger partial charge on any atom is -0.506 e. The smallest absolute Gasteiger partial charge is 0.321 e. The average molecular weight is 224 g/mol. The highest BCUT2D eigenvalue weighted by atomic mass is 16.5. The highest BCUT2D eigenvalue weighted by Gasteiger charge is 2.16. The van der Waals surface area contributed by atoms with E-state index in [1.54, 1.807) is 0 Å². The van der Waals surface area contributed by atoms with Gasteiger partial charge in [-0.25, -0.2) is 9.78 Å². The summed E-state index contributed by atoms with van der Waals surface area (Å²) in [5, 5.41) is 17.1. The first-order chi connectivity index (χ1) is 7.74. The molecule has 2 heterocycles. The summed E-state index contributed by atoms with van der Waals surface area (Å²) in [6.45, 7) is 0.874. The standard InChI is InChI=1S/C9H12N4O3/c14-6-1-2-7(10-3-6)12-9(15)13-8-4-16-5-11-8/h1-3,8,11,14H,4-5H2,(H2,10,12,13,15). The fraction of sp³-hybridized carbons (Fsp3) is 0.333. The predicted octanol–water partition coefficient (Wildman–Crippen LogP) is -0.188. The highest BCUT2D eigenvalue weighted by Crippen LogP contribution is 2.09. The van der Waals surface area contributed by atoms with E-state index in [9.17, 15) is 4.79 Å². The number of pyridine rings is 1. The van der Waals surface area contributed by atoms with Crippen molar-refractivity contribution in [2.24, 2.45) is 0 Å². The van der Waals surface area contributed by atoms with E-state index >= 15 is 0 Å². The number of ether oxygens (including phenoxy) is 1. The summed E-state index contributed by atoms with van der Waals surface area (Å²) < 4.78 is 5.02. The zero-order valence-electron chi connectivity index (χ0n) is 8.43. The van der Waals surface area contributed by atoms with E-state index in [-0.39, 0.29) is 17.9 Å². The second-order valence-corrected chi connectivity index (χ2v) is 3.27. The van der Waals surface area contributed by atoms with Crippen molar-refractivity contribution in [3.8, 4) is 5.75 Å². The number of carbonyl (C=O) groups excluding carboxylic acids is 1. The minimum atomic E-state index is -0.374. The fourth-order valence-electron chi connectivity index (χ4n) is 1.26. The third-order valence-corrected chi connectivity index (χ3v) is 2.01. The Labute approximate surface area is 91.8 Å². The normalized spacial score (nSPS) is 19.4. The number of aromatic nitrogens is 1. The first-order valence-electron chi connectivity index (χ1n) is 4.78. The number of nitrogens with one attached hydrogen (secondary N) is 3. The van der Waals surface area contributed by atoms with E-state index in [1.807, 2.05) is 0 Å². The van der Waals surface area contributed by atoms with Crippen molar-refractivity contribution in [2.45, 2.75) is 6.17 Å². The van der Waals surface area contributed by atoms with Crippen molar-refractivity contribution in [3.05, 3.63) is 18.3 Å². The van der Waals surface area contributed by atoms with Gasteiger partial charge in [0.2, 0.25) is 0 Å². The highest BCUT2D eigenvalue weighted by molar-refractivity contribution is 5.88. The molecule has 7 nitrogen and oxygen atoms in total. The van der Waals surface area contributed by atoms with Gasteiger partial charge in [-0.15, -0.1) is 0 Å². The quantitative estimate of drug-likeness (QED) is 0.558. The molecule has 1 saturated heterocycles. The molecule has 2 amide bonds. The maximum absolute atomic E-state index is 11.4. The molecular weight excluding hydrogens is 212 g/mol. The van der Waals surface area contributed by atoms with Crippen LogP contribution in [0.4, 0.5) is 10.6 Å². The summed E-state index contributed by atoms with van der Waals surface area (Å²) in [6, 6.07) is 2.58. The molecule has 16 heavy (non-hydrogen) atoms. The summed E-state index contributed by atoms with van der Waals surface area (Å²) in [7, 11) is 0. The molecule has 4 N–H and O–H groups in total. The van der Waals surface area contributed by atoms with Crippen molar-refractivity contribution in [1.29, 1.82) is 0 Å². The van der Waals surface area contributed by atoms with Crippen molar-refractivity contribution >= 4 is 11.8 Å². The van der Waals surface area contributed by atoms with E-state index in [4.69, 9.17) is 9.84 Å². The number of rotatable bonds is 2.